The molecule has 0 amide bonds. The molecule has 1 heterocycles. The highest BCUT2D eigenvalue weighted by atomic mass is 16.4. The average Bonchev–Trinajstić information content (AvgIpc) is 2.88. The van der Waals surface area contributed by atoms with Gasteiger partial charge in [-0.1, -0.05) is 18.2 Å². The molecule has 92 valence electrons. The van der Waals surface area contributed by atoms with Crippen molar-refractivity contribution in [1.29, 1.82) is 0 Å². The van der Waals surface area contributed by atoms with Gasteiger partial charge in [0.2, 0.25) is 11.8 Å². The zero-order chi connectivity index (χ0) is 12.6. The van der Waals surface area contributed by atoms with Gasteiger partial charge >= 0.3 is 0 Å². The molecule has 0 spiro atoms. The normalized spacial score (nSPS) is 9.83. The van der Waals surface area contributed by atoms with Crippen LogP contribution in [0.15, 0.2) is 34.7 Å². The van der Waals surface area contributed by atoms with Crippen LogP contribution in [0.5, 0.6) is 0 Å². The van der Waals surface area contributed by atoms with Crippen molar-refractivity contribution >= 4 is 0 Å². The quantitative estimate of drug-likeness (QED) is 0.644. The minimum atomic E-state index is 0.556. The number of hydrogen-bond acceptors (Lipinski definition) is 4. The molecule has 1 aromatic carbocycles. The molecule has 4 nitrogen and oxygen atoms in total. The lowest BCUT2D eigenvalue weighted by molar-refractivity contribution is 0.480. The van der Waals surface area contributed by atoms with Crippen LogP contribution in [0.25, 0.3) is 11.5 Å². The van der Waals surface area contributed by atoms with Gasteiger partial charge in [0.15, 0.2) is 0 Å². The predicted octanol–water partition coefficient (Wildman–Crippen LogP) is 2.24. The zero-order valence-corrected chi connectivity index (χ0v) is 10.3. The van der Waals surface area contributed by atoms with Gasteiger partial charge in [-0.05, 0) is 19.1 Å². The van der Waals surface area contributed by atoms with Crippen molar-refractivity contribution in [3.8, 4) is 23.3 Å². The third-order valence-electron chi connectivity index (χ3n) is 2.37. The monoisotopic (exact) mass is 241 g/mol. The summed E-state index contributed by atoms with van der Waals surface area (Å²) in [6, 6.07) is 9.74. The van der Waals surface area contributed by atoms with E-state index in [-0.39, 0.29) is 0 Å². The molecule has 0 atom stereocenters. The molecule has 0 saturated heterocycles. The summed E-state index contributed by atoms with van der Waals surface area (Å²) in [5.41, 5.74) is 0.938. The highest BCUT2D eigenvalue weighted by Crippen LogP contribution is 2.16. The fourth-order valence-corrected chi connectivity index (χ4v) is 1.49. The van der Waals surface area contributed by atoms with Gasteiger partial charge in [0, 0.05) is 18.5 Å². The molecular formula is C14H15N3O. The first-order valence-corrected chi connectivity index (χ1v) is 5.88. The summed E-state index contributed by atoms with van der Waals surface area (Å²) in [5.74, 6) is 6.99. The van der Waals surface area contributed by atoms with Crippen LogP contribution in [0.2, 0.25) is 0 Å². The first-order chi connectivity index (χ1) is 8.90. The van der Waals surface area contributed by atoms with Crippen LogP contribution in [0.4, 0.5) is 0 Å². The van der Waals surface area contributed by atoms with Gasteiger partial charge in [-0.2, -0.15) is 0 Å². The molecule has 1 aromatic heterocycles. The van der Waals surface area contributed by atoms with Crippen molar-refractivity contribution in [1.82, 2.24) is 15.5 Å². The maximum absolute atomic E-state index is 5.56. The van der Waals surface area contributed by atoms with E-state index in [2.05, 4.69) is 27.4 Å². The number of benzene rings is 1. The Morgan fingerprint density at radius 1 is 1.22 bits per heavy atom. The molecule has 0 radical (unpaired) electrons. The summed E-state index contributed by atoms with van der Waals surface area (Å²) in [5, 5.41) is 11.2. The van der Waals surface area contributed by atoms with E-state index in [9.17, 15) is 0 Å². The van der Waals surface area contributed by atoms with Crippen LogP contribution in [0, 0.1) is 11.8 Å². The summed E-state index contributed by atoms with van der Waals surface area (Å²) in [6.07, 6.45) is 0.830. The summed E-state index contributed by atoms with van der Waals surface area (Å²) in [4.78, 5) is 0. The zero-order valence-electron chi connectivity index (χ0n) is 10.3. The number of nitrogens with zero attached hydrogens (tertiary/aromatic N) is 2. The number of hydrogen-bond donors (Lipinski definition) is 1. The Morgan fingerprint density at radius 2 is 2.06 bits per heavy atom. The van der Waals surface area contributed by atoms with Crippen molar-refractivity contribution in [2.75, 3.05) is 6.54 Å². The molecule has 0 bridgehead atoms. The average molecular weight is 241 g/mol. The lowest BCUT2D eigenvalue weighted by atomic mass is 10.2. The molecule has 0 aliphatic carbocycles. The smallest absolute Gasteiger partial charge is 0.247 e. The molecule has 2 aromatic rings. The van der Waals surface area contributed by atoms with E-state index in [0.29, 0.717) is 18.3 Å². The second kappa shape index (κ2) is 6.58. The van der Waals surface area contributed by atoms with E-state index >= 15 is 0 Å². The van der Waals surface area contributed by atoms with E-state index in [1.54, 1.807) is 0 Å². The molecule has 0 fully saturated rings. The van der Waals surface area contributed by atoms with Crippen molar-refractivity contribution < 1.29 is 4.42 Å². The molecule has 0 saturated carbocycles. The highest BCUT2D eigenvalue weighted by molar-refractivity contribution is 5.51. The van der Waals surface area contributed by atoms with Crippen molar-refractivity contribution in [3.63, 3.8) is 0 Å². The molecule has 1 N–H and O–H groups in total. The Balaban J connectivity index is 1.88. The highest BCUT2D eigenvalue weighted by Gasteiger charge is 2.06. The first-order valence-electron chi connectivity index (χ1n) is 5.88. The second-order valence-electron chi connectivity index (χ2n) is 3.72. The molecule has 0 aliphatic rings. The number of rotatable bonds is 5. The number of nitrogens with one attached hydrogen (secondary N) is 1. The van der Waals surface area contributed by atoms with Crippen LogP contribution in [-0.2, 0) is 6.54 Å². The largest absolute Gasteiger partial charge is 0.419 e. The number of aromatic nitrogens is 2. The molecule has 4 heteroatoms. The second-order valence-corrected chi connectivity index (χ2v) is 3.72. The van der Waals surface area contributed by atoms with Gasteiger partial charge < -0.3 is 9.73 Å². The van der Waals surface area contributed by atoms with E-state index in [1.165, 1.54) is 0 Å². The maximum atomic E-state index is 5.56. The summed E-state index contributed by atoms with van der Waals surface area (Å²) in [7, 11) is 0. The first kappa shape index (κ1) is 12.3. The summed E-state index contributed by atoms with van der Waals surface area (Å²) < 4.78 is 5.56. The molecule has 2 rings (SSSR count). The van der Waals surface area contributed by atoms with Crippen molar-refractivity contribution in [2.45, 2.75) is 19.9 Å². The standard InChI is InChI=1S/C14H15N3O/c1-2-3-7-10-15-11-13-16-17-14(18-13)12-8-5-4-6-9-12/h4-6,8-9,15H,7,10-11H2,1H3. The fourth-order valence-electron chi connectivity index (χ4n) is 1.49. The maximum Gasteiger partial charge on any atom is 0.247 e. The molecular weight excluding hydrogens is 226 g/mol. The molecule has 18 heavy (non-hydrogen) atoms. The Hall–Kier alpha value is -2.12. The SMILES string of the molecule is CC#CCCNCc1nnc(-c2ccccc2)o1. The topological polar surface area (TPSA) is 51.0 Å². The van der Waals surface area contributed by atoms with Crippen LogP contribution >= 0.6 is 0 Å². The molecule has 0 aliphatic heterocycles. The van der Waals surface area contributed by atoms with Gasteiger partial charge in [0.1, 0.15) is 0 Å². The minimum Gasteiger partial charge on any atom is -0.419 e. The Bertz CT molecular complexity index is 537. The van der Waals surface area contributed by atoms with Crippen molar-refractivity contribution in [2.24, 2.45) is 0 Å². The van der Waals surface area contributed by atoms with Gasteiger partial charge in [-0.25, -0.2) is 0 Å². The van der Waals surface area contributed by atoms with Gasteiger partial charge in [-0.3, -0.25) is 0 Å². The van der Waals surface area contributed by atoms with E-state index in [1.807, 2.05) is 37.3 Å². The Kier molecular flexibility index (Phi) is 4.51. The summed E-state index contributed by atoms with van der Waals surface area (Å²) >= 11 is 0. The lowest BCUT2D eigenvalue weighted by Gasteiger charge is -1.96. The van der Waals surface area contributed by atoms with E-state index in [4.69, 9.17) is 4.42 Å². The minimum absolute atomic E-state index is 0.556. The lowest BCUT2D eigenvalue weighted by Crippen LogP contribution is -2.14. The van der Waals surface area contributed by atoms with Crippen molar-refractivity contribution in [3.05, 3.63) is 36.2 Å². The van der Waals surface area contributed by atoms with Crippen LogP contribution < -0.4 is 5.32 Å². The van der Waals surface area contributed by atoms with Gasteiger partial charge in [-0.15, -0.1) is 22.0 Å². The van der Waals surface area contributed by atoms with E-state index < -0.39 is 0 Å². The van der Waals surface area contributed by atoms with Crippen LogP contribution in [-0.4, -0.2) is 16.7 Å². The van der Waals surface area contributed by atoms with Gasteiger partial charge in [0.05, 0.1) is 6.54 Å². The Labute approximate surface area is 106 Å². The Morgan fingerprint density at radius 3 is 2.83 bits per heavy atom. The van der Waals surface area contributed by atoms with E-state index in [0.717, 1.165) is 18.5 Å². The fraction of sp³-hybridized carbons (Fsp3) is 0.286. The molecule has 0 unspecified atom stereocenters. The van der Waals surface area contributed by atoms with Crippen LogP contribution in [0.3, 0.4) is 0 Å². The third kappa shape index (κ3) is 3.44. The predicted molar refractivity (Wildman–Crippen MR) is 69.5 cm³/mol. The third-order valence-corrected chi connectivity index (χ3v) is 2.37. The van der Waals surface area contributed by atoms with Crippen LogP contribution in [0.1, 0.15) is 19.2 Å². The summed E-state index contributed by atoms with van der Waals surface area (Å²) in [6.45, 7) is 3.24. The van der Waals surface area contributed by atoms with Gasteiger partial charge in [0.25, 0.3) is 0 Å².